The number of anilines is 1. The Kier molecular flexibility index (Phi) is 2.91. The SMILES string of the molecule is Cc1cc2c(c3c1NC(=O)C3(C)C)OC1COS(=O)(=O)CCC21. The van der Waals surface area contributed by atoms with Crippen LogP contribution in [0.4, 0.5) is 5.69 Å². The van der Waals surface area contributed by atoms with Gasteiger partial charge in [0.2, 0.25) is 5.91 Å². The summed E-state index contributed by atoms with van der Waals surface area (Å²) >= 11 is 0. The highest BCUT2D eigenvalue weighted by Crippen LogP contribution is 2.53. The summed E-state index contributed by atoms with van der Waals surface area (Å²) in [4.78, 5) is 12.3. The van der Waals surface area contributed by atoms with Crippen LogP contribution < -0.4 is 10.1 Å². The molecule has 0 spiro atoms. The van der Waals surface area contributed by atoms with Crippen LogP contribution in [0.2, 0.25) is 0 Å². The lowest BCUT2D eigenvalue weighted by Crippen LogP contribution is -2.28. The Morgan fingerprint density at radius 2 is 2.09 bits per heavy atom. The van der Waals surface area contributed by atoms with Crippen molar-refractivity contribution < 1.29 is 22.1 Å². The minimum absolute atomic E-state index is 0.00628. The van der Waals surface area contributed by atoms with Gasteiger partial charge in [0.25, 0.3) is 10.1 Å². The van der Waals surface area contributed by atoms with Crippen molar-refractivity contribution in [3.05, 3.63) is 22.8 Å². The number of fused-ring (bicyclic) bond motifs is 5. The predicted molar refractivity (Wildman–Crippen MR) is 84.3 cm³/mol. The fourth-order valence-electron chi connectivity index (χ4n) is 3.80. The van der Waals surface area contributed by atoms with Crippen LogP contribution in [0.1, 0.15) is 42.9 Å². The van der Waals surface area contributed by atoms with Crippen molar-refractivity contribution in [3.8, 4) is 5.75 Å². The lowest BCUT2D eigenvalue weighted by molar-refractivity contribution is -0.119. The average molecular weight is 337 g/mol. The summed E-state index contributed by atoms with van der Waals surface area (Å²) in [5.41, 5.74) is 3.02. The number of carbonyl (C=O) groups is 1. The quantitative estimate of drug-likeness (QED) is 0.730. The van der Waals surface area contributed by atoms with Gasteiger partial charge in [0.05, 0.1) is 16.9 Å². The van der Waals surface area contributed by atoms with E-state index in [1.54, 1.807) is 0 Å². The zero-order chi connectivity index (χ0) is 16.6. The first-order valence-corrected chi connectivity index (χ1v) is 9.31. The Bertz CT molecular complexity index is 827. The zero-order valence-corrected chi connectivity index (χ0v) is 14.1. The van der Waals surface area contributed by atoms with E-state index in [2.05, 4.69) is 5.32 Å². The molecule has 0 aromatic heterocycles. The molecule has 1 N–H and O–H groups in total. The molecule has 3 heterocycles. The topological polar surface area (TPSA) is 81.7 Å². The van der Waals surface area contributed by atoms with Crippen LogP contribution in [0.15, 0.2) is 6.07 Å². The van der Waals surface area contributed by atoms with Crippen LogP contribution in [0.5, 0.6) is 5.75 Å². The Labute approximate surface area is 135 Å². The smallest absolute Gasteiger partial charge is 0.267 e. The summed E-state index contributed by atoms with van der Waals surface area (Å²) in [6.45, 7) is 5.74. The van der Waals surface area contributed by atoms with E-state index in [1.807, 2.05) is 26.8 Å². The summed E-state index contributed by atoms with van der Waals surface area (Å²) in [7, 11) is -3.46. The number of hydrogen-bond donors (Lipinski definition) is 1. The van der Waals surface area contributed by atoms with Gasteiger partial charge in [0.15, 0.2) is 0 Å². The Morgan fingerprint density at radius 1 is 1.35 bits per heavy atom. The van der Waals surface area contributed by atoms with Gasteiger partial charge >= 0.3 is 0 Å². The number of aryl methyl sites for hydroxylation is 1. The van der Waals surface area contributed by atoms with Crippen LogP contribution in [0.3, 0.4) is 0 Å². The molecule has 7 heteroatoms. The first kappa shape index (κ1) is 15.0. The summed E-state index contributed by atoms with van der Waals surface area (Å²) in [5, 5.41) is 2.95. The van der Waals surface area contributed by atoms with Crippen LogP contribution >= 0.6 is 0 Å². The number of carbonyl (C=O) groups excluding carboxylic acids is 1. The second kappa shape index (κ2) is 4.48. The van der Waals surface area contributed by atoms with Gasteiger partial charge in [0, 0.05) is 17.0 Å². The molecule has 2 unspecified atom stereocenters. The van der Waals surface area contributed by atoms with E-state index in [0.29, 0.717) is 6.42 Å². The molecule has 3 aliphatic rings. The van der Waals surface area contributed by atoms with Crippen LogP contribution in [0.25, 0.3) is 0 Å². The molecule has 1 aromatic rings. The molecule has 0 aliphatic carbocycles. The van der Waals surface area contributed by atoms with Crippen LogP contribution in [-0.4, -0.2) is 32.8 Å². The predicted octanol–water partition coefficient (Wildman–Crippen LogP) is 1.82. The molecule has 0 saturated carbocycles. The number of benzene rings is 1. The fraction of sp³-hybridized carbons (Fsp3) is 0.562. The number of amides is 1. The van der Waals surface area contributed by atoms with Crippen molar-refractivity contribution in [1.29, 1.82) is 0 Å². The lowest BCUT2D eigenvalue weighted by Gasteiger charge is -2.19. The van der Waals surface area contributed by atoms with Crippen molar-refractivity contribution in [2.75, 3.05) is 17.7 Å². The first-order valence-electron chi connectivity index (χ1n) is 7.74. The summed E-state index contributed by atoms with van der Waals surface area (Å²) in [6.07, 6.45) is 0.153. The maximum absolute atomic E-state index is 12.3. The Morgan fingerprint density at radius 3 is 2.83 bits per heavy atom. The van der Waals surface area contributed by atoms with Gasteiger partial charge in [-0.25, -0.2) is 0 Å². The third kappa shape index (κ3) is 2.03. The van der Waals surface area contributed by atoms with E-state index < -0.39 is 15.5 Å². The highest BCUT2D eigenvalue weighted by Gasteiger charge is 2.48. The molecule has 124 valence electrons. The third-order valence-electron chi connectivity index (χ3n) is 5.14. The molecule has 23 heavy (non-hydrogen) atoms. The second-order valence-electron chi connectivity index (χ2n) is 7.04. The van der Waals surface area contributed by atoms with Gasteiger partial charge in [0.1, 0.15) is 18.5 Å². The fourth-order valence-corrected chi connectivity index (χ4v) is 4.80. The number of rotatable bonds is 0. The molecule has 4 rings (SSSR count). The van der Waals surface area contributed by atoms with Gasteiger partial charge in [-0.15, -0.1) is 0 Å². The van der Waals surface area contributed by atoms with Crippen molar-refractivity contribution in [3.63, 3.8) is 0 Å². The largest absolute Gasteiger partial charge is 0.487 e. The molecular formula is C16H19NO5S. The molecule has 0 bridgehead atoms. The molecule has 1 saturated heterocycles. The molecule has 3 aliphatic heterocycles. The van der Waals surface area contributed by atoms with Crippen LogP contribution in [0, 0.1) is 6.92 Å². The van der Waals surface area contributed by atoms with Gasteiger partial charge in [-0.05, 0) is 38.8 Å². The second-order valence-corrected chi connectivity index (χ2v) is 8.80. The molecule has 6 nitrogen and oxygen atoms in total. The van der Waals surface area contributed by atoms with Crippen LogP contribution in [-0.2, 0) is 24.5 Å². The molecule has 2 atom stereocenters. The zero-order valence-electron chi connectivity index (χ0n) is 13.3. The molecule has 1 fully saturated rings. The monoisotopic (exact) mass is 337 g/mol. The van der Waals surface area contributed by atoms with E-state index in [0.717, 1.165) is 28.1 Å². The minimum Gasteiger partial charge on any atom is -0.487 e. The normalized spacial score (nSPS) is 29.8. The molecular weight excluding hydrogens is 318 g/mol. The number of hydrogen-bond acceptors (Lipinski definition) is 5. The minimum atomic E-state index is -3.46. The summed E-state index contributed by atoms with van der Waals surface area (Å²) in [5.74, 6) is 0.663. The van der Waals surface area contributed by atoms with E-state index in [9.17, 15) is 13.2 Å². The highest BCUT2D eigenvalue weighted by molar-refractivity contribution is 7.86. The molecule has 0 radical (unpaired) electrons. The molecule has 1 aromatic carbocycles. The first-order chi connectivity index (χ1) is 10.7. The summed E-state index contributed by atoms with van der Waals surface area (Å²) < 4.78 is 34.5. The maximum atomic E-state index is 12.3. The van der Waals surface area contributed by atoms with Gasteiger partial charge < -0.3 is 10.1 Å². The van der Waals surface area contributed by atoms with E-state index in [1.165, 1.54) is 0 Å². The van der Waals surface area contributed by atoms with Gasteiger partial charge in [-0.2, -0.15) is 8.42 Å². The van der Waals surface area contributed by atoms with Gasteiger partial charge in [-0.1, -0.05) is 0 Å². The Balaban J connectivity index is 1.86. The highest BCUT2D eigenvalue weighted by atomic mass is 32.2. The average Bonchev–Trinajstić information content (AvgIpc) is 2.85. The Hall–Kier alpha value is -1.60. The van der Waals surface area contributed by atoms with Crippen molar-refractivity contribution >= 4 is 21.7 Å². The lowest BCUT2D eigenvalue weighted by atomic mass is 9.81. The standard InChI is InChI=1S/C16H19NO5S/c1-8-6-10-9-4-5-23(19,20)21-7-11(9)22-14(10)12-13(8)17-15(18)16(12,2)3/h6,9,11H,4-5,7H2,1-3H3,(H,17,18). The summed E-state index contributed by atoms with van der Waals surface area (Å²) in [6, 6.07) is 2.01. The van der Waals surface area contributed by atoms with E-state index >= 15 is 0 Å². The van der Waals surface area contributed by atoms with Crippen molar-refractivity contribution in [2.24, 2.45) is 0 Å². The third-order valence-corrected chi connectivity index (χ3v) is 6.38. The number of nitrogens with one attached hydrogen (secondary N) is 1. The van der Waals surface area contributed by atoms with Gasteiger partial charge in [-0.3, -0.25) is 8.98 Å². The van der Waals surface area contributed by atoms with Crippen molar-refractivity contribution in [1.82, 2.24) is 0 Å². The van der Waals surface area contributed by atoms with E-state index in [4.69, 9.17) is 8.92 Å². The maximum Gasteiger partial charge on any atom is 0.267 e. The number of ether oxygens (including phenoxy) is 1. The van der Waals surface area contributed by atoms with Crippen molar-refractivity contribution in [2.45, 2.75) is 44.6 Å². The molecule has 1 amide bonds. The van der Waals surface area contributed by atoms with E-state index in [-0.39, 0.29) is 30.3 Å².